The number of carbonyl (C=O) groups excluding carboxylic acids is 2. The number of rotatable bonds is 2. The fraction of sp³-hybridized carbons (Fsp3) is 0. The number of hydrogen-bond acceptors (Lipinski definition) is 4. The maximum atomic E-state index is 12.4. The van der Waals surface area contributed by atoms with Crippen LogP contribution < -0.4 is 5.32 Å². The number of nitro groups is 1. The van der Waals surface area contributed by atoms with E-state index in [0.717, 1.165) is 0 Å². The summed E-state index contributed by atoms with van der Waals surface area (Å²) < 4.78 is 0. The van der Waals surface area contributed by atoms with E-state index < -0.39 is 4.92 Å². The maximum absolute atomic E-state index is 12.4. The van der Waals surface area contributed by atoms with Crippen LogP contribution in [0.15, 0.2) is 54.2 Å². The van der Waals surface area contributed by atoms with Crippen LogP contribution in [0.2, 0.25) is 0 Å². The summed E-state index contributed by atoms with van der Waals surface area (Å²) in [5.74, 6) is -0.628. The third kappa shape index (κ3) is 2.37. The summed E-state index contributed by atoms with van der Waals surface area (Å²) in [4.78, 5) is 34.4. The first-order valence-corrected chi connectivity index (χ1v) is 6.47. The summed E-state index contributed by atoms with van der Waals surface area (Å²) in [5.41, 5.74) is 1.39. The van der Waals surface area contributed by atoms with Gasteiger partial charge in [-0.1, -0.05) is 18.2 Å². The molecular formula is C16H10N2O4. The van der Waals surface area contributed by atoms with E-state index in [4.69, 9.17) is 0 Å². The number of nitrogens with one attached hydrogen (secondary N) is 1. The maximum Gasteiger partial charge on any atom is 0.269 e. The average molecular weight is 294 g/mol. The summed E-state index contributed by atoms with van der Waals surface area (Å²) in [7, 11) is 0. The van der Waals surface area contributed by atoms with Crippen molar-refractivity contribution in [1.29, 1.82) is 0 Å². The van der Waals surface area contributed by atoms with Gasteiger partial charge in [0.1, 0.15) is 0 Å². The van der Waals surface area contributed by atoms with Gasteiger partial charge in [-0.25, -0.2) is 0 Å². The third-order valence-corrected chi connectivity index (χ3v) is 3.32. The number of nitro benzene ring substituents is 1. The lowest BCUT2D eigenvalue weighted by Crippen LogP contribution is -2.34. The molecule has 6 heteroatoms. The van der Waals surface area contributed by atoms with E-state index in [1.54, 1.807) is 24.3 Å². The highest BCUT2D eigenvalue weighted by Crippen LogP contribution is 2.21. The summed E-state index contributed by atoms with van der Waals surface area (Å²) in [6, 6.07) is 12.3. The van der Waals surface area contributed by atoms with Gasteiger partial charge in [-0.15, -0.1) is 0 Å². The third-order valence-electron chi connectivity index (χ3n) is 3.32. The monoisotopic (exact) mass is 294 g/mol. The second-order valence-corrected chi connectivity index (χ2v) is 4.74. The molecule has 0 aromatic heterocycles. The smallest absolute Gasteiger partial charge is 0.269 e. The molecule has 2 aromatic rings. The number of hydrogen-bond donors (Lipinski definition) is 1. The van der Waals surface area contributed by atoms with E-state index in [9.17, 15) is 19.7 Å². The van der Waals surface area contributed by atoms with E-state index >= 15 is 0 Å². The van der Waals surface area contributed by atoms with Crippen LogP contribution in [-0.4, -0.2) is 16.6 Å². The zero-order chi connectivity index (χ0) is 15.7. The molecule has 2 aromatic carbocycles. The van der Waals surface area contributed by atoms with Crippen molar-refractivity contribution < 1.29 is 14.5 Å². The summed E-state index contributed by atoms with van der Waals surface area (Å²) in [6.45, 7) is 0. The van der Waals surface area contributed by atoms with Gasteiger partial charge in [0, 0.05) is 17.7 Å². The molecule has 1 N–H and O–H groups in total. The Balaban J connectivity index is 1.97. The Kier molecular flexibility index (Phi) is 3.27. The Bertz CT molecular complexity index is 822. The molecule has 1 heterocycles. The van der Waals surface area contributed by atoms with Gasteiger partial charge < -0.3 is 5.32 Å². The number of nitrogens with zero attached hydrogens (tertiary/aromatic N) is 1. The zero-order valence-electron chi connectivity index (χ0n) is 11.3. The van der Waals surface area contributed by atoms with Gasteiger partial charge >= 0.3 is 0 Å². The molecule has 1 aliphatic rings. The molecule has 6 nitrogen and oxygen atoms in total. The molecule has 0 spiro atoms. The quantitative estimate of drug-likeness (QED) is 0.523. The largest absolute Gasteiger partial charge is 0.319 e. The fourth-order valence-corrected chi connectivity index (χ4v) is 2.23. The first-order chi connectivity index (χ1) is 10.6. The van der Waals surface area contributed by atoms with Gasteiger partial charge in [-0.3, -0.25) is 19.7 Å². The predicted octanol–water partition coefficient (Wildman–Crippen LogP) is 2.56. The lowest BCUT2D eigenvalue weighted by atomic mass is 9.96. The first kappa shape index (κ1) is 13.7. The number of benzene rings is 2. The molecule has 1 amide bonds. The average Bonchev–Trinajstić information content (AvgIpc) is 2.53. The number of ketones is 1. The summed E-state index contributed by atoms with van der Waals surface area (Å²) >= 11 is 0. The van der Waals surface area contributed by atoms with Crippen LogP contribution in [0.3, 0.4) is 0 Å². The van der Waals surface area contributed by atoms with Crippen molar-refractivity contribution in [2.75, 3.05) is 0 Å². The van der Waals surface area contributed by atoms with Crippen LogP contribution in [-0.2, 0) is 0 Å². The molecular weight excluding hydrogens is 284 g/mol. The van der Waals surface area contributed by atoms with E-state index in [0.29, 0.717) is 16.7 Å². The van der Waals surface area contributed by atoms with Crippen molar-refractivity contribution in [3.63, 3.8) is 0 Å². The van der Waals surface area contributed by atoms with E-state index in [2.05, 4.69) is 5.32 Å². The first-order valence-electron chi connectivity index (χ1n) is 6.47. The van der Waals surface area contributed by atoms with Gasteiger partial charge in [0.15, 0.2) is 0 Å². The van der Waals surface area contributed by atoms with Crippen LogP contribution in [0.1, 0.15) is 26.3 Å². The van der Waals surface area contributed by atoms with Crippen molar-refractivity contribution in [2.24, 2.45) is 0 Å². The molecule has 0 bridgehead atoms. The second-order valence-electron chi connectivity index (χ2n) is 4.74. The molecule has 0 atom stereocenters. The minimum absolute atomic E-state index is 0.0356. The van der Waals surface area contributed by atoms with Gasteiger partial charge in [0.2, 0.25) is 5.78 Å². The van der Waals surface area contributed by atoms with Gasteiger partial charge in [-0.2, -0.15) is 0 Å². The molecule has 22 heavy (non-hydrogen) atoms. The number of amides is 1. The predicted molar refractivity (Wildman–Crippen MR) is 79.3 cm³/mol. The number of Topliss-reactive ketones (excluding diaryl/α,β-unsaturated/α-hetero) is 1. The Morgan fingerprint density at radius 1 is 0.955 bits per heavy atom. The van der Waals surface area contributed by atoms with Crippen molar-refractivity contribution in [3.8, 4) is 0 Å². The number of carbonyl (C=O) groups is 2. The SMILES string of the molecule is O=C1NC(=Cc2ccc([N+](=O)[O-])cc2)C(=O)c2ccccc21. The number of non-ortho nitro benzene ring substituents is 1. The van der Waals surface area contributed by atoms with Crippen LogP contribution in [0, 0.1) is 10.1 Å². The molecule has 0 fully saturated rings. The molecule has 0 aliphatic carbocycles. The Labute approximate surface area is 125 Å². The Hall–Kier alpha value is -3.28. The van der Waals surface area contributed by atoms with Gasteiger partial charge in [0.25, 0.3) is 11.6 Å². The summed E-state index contributed by atoms with van der Waals surface area (Å²) in [5, 5.41) is 13.2. The minimum Gasteiger partial charge on any atom is -0.319 e. The van der Waals surface area contributed by atoms with Crippen LogP contribution in [0.5, 0.6) is 0 Å². The summed E-state index contributed by atoms with van der Waals surface area (Å²) in [6.07, 6.45) is 1.50. The van der Waals surface area contributed by atoms with E-state index in [1.165, 1.54) is 30.3 Å². The second kappa shape index (κ2) is 5.25. The fourth-order valence-electron chi connectivity index (χ4n) is 2.23. The molecule has 0 saturated carbocycles. The van der Waals surface area contributed by atoms with E-state index in [1.807, 2.05) is 0 Å². The van der Waals surface area contributed by atoms with Crippen molar-refractivity contribution in [3.05, 3.63) is 81.0 Å². The van der Waals surface area contributed by atoms with Crippen LogP contribution in [0.4, 0.5) is 5.69 Å². The highest BCUT2D eigenvalue weighted by molar-refractivity contribution is 6.22. The highest BCUT2D eigenvalue weighted by Gasteiger charge is 2.26. The standard InChI is InChI=1S/C16H10N2O4/c19-15-12-3-1-2-4-13(12)16(20)17-14(15)9-10-5-7-11(8-6-10)18(21)22/h1-9H,(H,17,20). The Morgan fingerprint density at radius 3 is 2.23 bits per heavy atom. The van der Waals surface area contributed by atoms with Gasteiger partial charge in [0.05, 0.1) is 16.2 Å². The van der Waals surface area contributed by atoms with Crippen LogP contribution >= 0.6 is 0 Å². The highest BCUT2D eigenvalue weighted by atomic mass is 16.6. The topological polar surface area (TPSA) is 89.3 Å². The molecule has 0 unspecified atom stereocenters. The Morgan fingerprint density at radius 2 is 1.59 bits per heavy atom. The zero-order valence-corrected chi connectivity index (χ0v) is 11.3. The molecule has 0 saturated heterocycles. The molecule has 0 radical (unpaired) electrons. The lowest BCUT2D eigenvalue weighted by Gasteiger charge is -2.17. The normalized spacial score (nSPS) is 15.4. The van der Waals surface area contributed by atoms with E-state index in [-0.39, 0.29) is 23.1 Å². The number of allylic oxidation sites excluding steroid dienone is 1. The van der Waals surface area contributed by atoms with Crippen LogP contribution in [0.25, 0.3) is 6.08 Å². The lowest BCUT2D eigenvalue weighted by molar-refractivity contribution is -0.384. The molecule has 108 valence electrons. The van der Waals surface area contributed by atoms with Crippen molar-refractivity contribution >= 4 is 23.5 Å². The molecule has 3 rings (SSSR count). The van der Waals surface area contributed by atoms with Crippen molar-refractivity contribution in [2.45, 2.75) is 0 Å². The number of fused-ring (bicyclic) bond motifs is 1. The van der Waals surface area contributed by atoms with Gasteiger partial charge in [-0.05, 0) is 29.8 Å². The molecule has 1 aliphatic heterocycles. The minimum atomic E-state index is -0.499. The van der Waals surface area contributed by atoms with Crippen molar-refractivity contribution in [1.82, 2.24) is 5.32 Å².